The van der Waals surface area contributed by atoms with E-state index in [2.05, 4.69) is 10.8 Å². The van der Waals surface area contributed by atoms with Crippen molar-refractivity contribution in [2.45, 2.75) is 19.3 Å². The molecule has 0 spiro atoms. The monoisotopic (exact) mass is 189 g/mol. The fourth-order valence-corrected chi connectivity index (χ4v) is 2.01. The van der Waals surface area contributed by atoms with Gasteiger partial charge in [0.15, 0.2) is 0 Å². The van der Waals surface area contributed by atoms with Crippen LogP contribution in [-0.4, -0.2) is 7.05 Å². The second kappa shape index (κ2) is 4.86. The van der Waals surface area contributed by atoms with Gasteiger partial charge < -0.3 is 0 Å². The maximum absolute atomic E-state index is 5.90. The molecule has 0 heterocycles. The summed E-state index contributed by atoms with van der Waals surface area (Å²) in [5.74, 6) is 0. The summed E-state index contributed by atoms with van der Waals surface area (Å²) in [6.07, 6.45) is 7.55. The van der Waals surface area contributed by atoms with Gasteiger partial charge in [0.25, 0.3) is 0 Å². The zero-order valence-electron chi connectivity index (χ0n) is 6.56. The van der Waals surface area contributed by atoms with Gasteiger partial charge in [-0.1, -0.05) is 17.7 Å². The average Bonchev–Trinajstić information content (AvgIpc) is 2.15. The second-order valence-electron chi connectivity index (χ2n) is 2.40. The molecule has 1 aliphatic carbocycles. The molecule has 1 nitrogen and oxygen atoms in total. The Morgan fingerprint density at radius 1 is 1.64 bits per heavy atom. The Kier molecular flexibility index (Phi) is 4.05. The average molecular weight is 190 g/mol. The van der Waals surface area contributed by atoms with Crippen LogP contribution in [0.1, 0.15) is 19.3 Å². The topological polar surface area (TPSA) is 12.0 Å². The van der Waals surface area contributed by atoms with Crippen LogP contribution < -0.4 is 4.72 Å². The predicted octanol–water partition coefficient (Wildman–Crippen LogP) is 3.04. The van der Waals surface area contributed by atoms with E-state index in [-0.39, 0.29) is 0 Å². The van der Waals surface area contributed by atoms with Crippen molar-refractivity contribution in [2.75, 3.05) is 7.05 Å². The summed E-state index contributed by atoms with van der Waals surface area (Å²) < 4.78 is 3.05. The van der Waals surface area contributed by atoms with Crippen LogP contribution in [0.5, 0.6) is 0 Å². The van der Waals surface area contributed by atoms with E-state index in [4.69, 9.17) is 11.6 Å². The van der Waals surface area contributed by atoms with Gasteiger partial charge in [-0.25, -0.2) is 0 Å². The van der Waals surface area contributed by atoms with Gasteiger partial charge >= 0.3 is 0 Å². The van der Waals surface area contributed by atoms with Gasteiger partial charge in [-0.3, -0.25) is 4.72 Å². The van der Waals surface area contributed by atoms with E-state index in [1.165, 1.54) is 11.3 Å². The van der Waals surface area contributed by atoms with E-state index < -0.39 is 0 Å². The van der Waals surface area contributed by atoms with Crippen LogP contribution in [0.15, 0.2) is 22.1 Å². The molecule has 3 heteroatoms. The third kappa shape index (κ3) is 3.32. The third-order valence-electron chi connectivity index (χ3n) is 1.50. The van der Waals surface area contributed by atoms with Gasteiger partial charge in [-0.05, 0) is 44.3 Å². The van der Waals surface area contributed by atoms with Crippen LogP contribution in [-0.2, 0) is 0 Å². The van der Waals surface area contributed by atoms with E-state index in [0.717, 1.165) is 17.9 Å². The molecule has 0 saturated heterocycles. The zero-order valence-corrected chi connectivity index (χ0v) is 8.13. The number of nitrogens with one attached hydrogen (secondary N) is 1. The molecule has 0 aliphatic heterocycles. The summed E-state index contributed by atoms with van der Waals surface area (Å²) >= 11 is 7.55. The molecule has 0 aromatic heterocycles. The first kappa shape index (κ1) is 9.17. The Balaban J connectivity index is 2.56. The molecule has 0 bridgehead atoms. The van der Waals surface area contributed by atoms with E-state index in [9.17, 15) is 0 Å². The Bertz CT molecular complexity index is 183. The molecule has 0 amide bonds. The van der Waals surface area contributed by atoms with E-state index in [1.807, 2.05) is 13.1 Å². The largest absolute Gasteiger partial charge is 0.263 e. The summed E-state index contributed by atoms with van der Waals surface area (Å²) in [4.78, 5) is 1.33. The number of hydrogen-bond donors (Lipinski definition) is 1. The summed E-state index contributed by atoms with van der Waals surface area (Å²) in [6.45, 7) is 0. The van der Waals surface area contributed by atoms with Crippen molar-refractivity contribution in [3.05, 3.63) is 22.1 Å². The van der Waals surface area contributed by atoms with Gasteiger partial charge in [0.2, 0.25) is 0 Å². The lowest BCUT2D eigenvalue weighted by atomic mass is 10.2. The van der Waals surface area contributed by atoms with Crippen molar-refractivity contribution < 1.29 is 0 Å². The van der Waals surface area contributed by atoms with Crippen LogP contribution in [0.3, 0.4) is 0 Å². The first-order valence-corrected chi connectivity index (χ1v) is 4.92. The van der Waals surface area contributed by atoms with Crippen molar-refractivity contribution in [1.29, 1.82) is 0 Å². The molecule has 1 aliphatic rings. The Labute approximate surface area is 77.0 Å². The standard InChI is InChI=1S/C8H12ClNS/c1-10-11-8-5-3-2-4-7(9)6-8/h4,6,10H,2-3,5H2,1H3. The van der Waals surface area contributed by atoms with Crippen molar-refractivity contribution >= 4 is 23.5 Å². The predicted molar refractivity (Wildman–Crippen MR) is 52.5 cm³/mol. The van der Waals surface area contributed by atoms with Crippen molar-refractivity contribution in [2.24, 2.45) is 0 Å². The number of allylic oxidation sites excluding steroid dienone is 4. The summed E-state index contributed by atoms with van der Waals surface area (Å²) in [5, 5.41) is 0.875. The van der Waals surface area contributed by atoms with Crippen LogP contribution in [0.25, 0.3) is 0 Å². The Morgan fingerprint density at radius 2 is 2.45 bits per heavy atom. The van der Waals surface area contributed by atoms with Gasteiger partial charge in [-0.15, -0.1) is 0 Å². The molecule has 0 atom stereocenters. The van der Waals surface area contributed by atoms with Crippen LogP contribution in [0.4, 0.5) is 0 Å². The highest BCUT2D eigenvalue weighted by Crippen LogP contribution is 2.25. The smallest absolute Gasteiger partial charge is 0.0374 e. The Morgan fingerprint density at radius 3 is 3.18 bits per heavy atom. The first-order chi connectivity index (χ1) is 5.33. The fraction of sp³-hybridized carbons (Fsp3) is 0.500. The zero-order chi connectivity index (χ0) is 8.10. The van der Waals surface area contributed by atoms with Gasteiger partial charge in [0.1, 0.15) is 0 Å². The van der Waals surface area contributed by atoms with Gasteiger partial charge in [0.05, 0.1) is 0 Å². The molecule has 0 radical (unpaired) electrons. The summed E-state index contributed by atoms with van der Waals surface area (Å²) in [6, 6.07) is 0. The molecule has 1 N–H and O–H groups in total. The molecule has 11 heavy (non-hydrogen) atoms. The molecule has 0 aromatic rings. The SMILES string of the molecule is CNSC1=CC(Cl)=CCCC1. The molecule has 0 unspecified atom stereocenters. The minimum atomic E-state index is 0.875. The molecule has 0 fully saturated rings. The first-order valence-electron chi connectivity index (χ1n) is 3.73. The van der Waals surface area contributed by atoms with E-state index >= 15 is 0 Å². The van der Waals surface area contributed by atoms with Crippen molar-refractivity contribution in [3.8, 4) is 0 Å². The molecule has 62 valence electrons. The van der Waals surface area contributed by atoms with E-state index in [1.54, 1.807) is 11.9 Å². The van der Waals surface area contributed by atoms with Crippen LogP contribution in [0.2, 0.25) is 0 Å². The highest BCUT2D eigenvalue weighted by atomic mass is 35.5. The lowest BCUT2D eigenvalue weighted by Crippen LogP contribution is -1.92. The molecular weight excluding hydrogens is 178 g/mol. The van der Waals surface area contributed by atoms with Crippen molar-refractivity contribution in [1.82, 2.24) is 4.72 Å². The fourth-order valence-electron chi connectivity index (χ4n) is 1.01. The number of hydrogen-bond acceptors (Lipinski definition) is 2. The minimum Gasteiger partial charge on any atom is -0.263 e. The lowest BCUT2D eigenvalue weighted by molar-refractivity contribution is 0.867. The lowest BCUT2D eigenvalue weighted by Gasteiger charge is -2.01. The molecular formula is C8H12ClNS. The highest BCUT2D eigenvalue weighted by Gasteiger charge is 2.02. The van der Waals surface area contributed by atoms with Crippen LogP contribution in [0, 0.1) is 0 Å². The normalized spacial score (nSPS) is 18.7. The van der Waals surface area contributed by atoms with Crippen molar-refractivity contribution in [3.63, 3.8) is 0 Å². The molecule has 1 rings (SSSR count). The maximum atomic E-state index is 5.90. The second-order valence-corrected chi connectivity index (χ2v) is 3.97. The highest BCUT2D eigenvalue weighted by molar-refractivity contribution is 8.01. The third-order valence-corrected chi connectivity index (χ3v) is 2.55. The molecule has 0 saturated carbocycles. The molecule has 0 aromatic carbocycles. The summed E-state index contributed by atoms with van der Waals surface area (Å²) in [7, 11) is 1.92. The quantitative estimate of drug-likeness (QED) is 0.671. The summed E-state index contributed by atoms with van der Waals surface area (Å²) in [5.41, 5.74) is 0. The number of halogens is 1. The van der Waals surface area contributed by atoms with E-state index in [0.29, 0.717) is 0 Å². The minimum absolute atomic E-state index is 0.875. The number of rotatable bonds is 2. The maximum Gasteiger partial charge on any atom is 0.0374 e. The Hall–Kier alpha value is 0.0800. The van der Waals surface area contributed by atoms with Gasteiger partial charge in [-0.2, -0.15) is 0 Å². The van der Waals surface area contributed by atoms with Crippen LogP contribution >= 0.6 is 23.5 Å². The van der Waals surface area contributed by atoms with Gasteiger partial charge in [0, 0.05) is 9.94 Å².